The van der Waals surface area contributed by atoms with Gasteiger partial charge in [0.15, 0.2) is 5.11 Å². The second-order valence-corrected chi connectivity index (χ2v) is 7.63. The molecule has 0 saturated carbocycles. The summed E-state index contributed by atoms with van der Waals surface area (Å²) in [6, 6.07) is 3.84. The van der Waals surface area contributed by atoms with Gasteiger partial charge in [-0.2, -0.15) is 13.2 Å². The van der Waals surface area contributed by atoms with Crippen molar-refractivity contribution in [3.05, 3.63) is 56.3 Å². The molecule has 1 aromatic carbocycles. The summed E-state index contributed by atoms with van der Waals surface area (Å²) in [5.41, 5.74) is -0.244. The van der Waals surface area contributed by atoms with Gasteiger partial charge in [-0.15, -0.1) is 0 Å². The van der Waals surface area contributed by atoms with Gasteiger partial charge in [-0.1, -0.05) is 48.7 Å². The van der Waals surface area contributed by atoms with Gasteiger partial charge in [-0.3, -0.25) is 10.1 Å². The van der Waals surface area contributed by atoms with Crippen molar-refractivity contribution in [3.8, 4) is 0 Å². The van der Waals surface area contributed by atoms with Crippen LogP contribution in [0.4, 0.5) is 18.9 Å². The van der Waals surface area contributed by atoms with E-state index in [1.165, 1.54) is 6.07 Å². The monoisotopic (exact) mass is 469 g/mol. The first-order valence-electron chi connectivity index (χ1n) is 7.74. The lowest BCUT2D eigenvalue weighted by Gasteiger charge is -2.18. The van der Waals surface area contributed by atoms with Gasteiger partial charge in [-0.25, -0.2) is 4.98 Å². The van der Waals surface area contributed by atoms with Crippen LogP contribution in [0.3, 0.4) is 0 Å². The summed E-state index contributed by atoms with van der Waals surface area (Å²) in [4.78, 5) is 15.7. The van der Waals surface area contributed by atoms with E-state index in [-0.39, 0.29) is 11.0 Å². The molecule has 0 bridgehead atoms. The minimum Gasteiger partial charge on any atom is -0.331 e. The third kappa shape index (κ3) is 5.47. The molecule has 1 amide bonds. The number of alkyl halides is 3. The van der Waals surface area contributed by atoms with Crippen LogP contribution in [0.25, 0.3) is 0 Å². The minimum atomic E-state index is -4.62. The van der Waals surface area contributed by atoms with Gasteiger partial charge in [0.25, 0.3) is 5.91 Å². The second kappa shape index (κ2) is 8.82. The molecule has 2 rings (SSSR count). The highest BCUT2D eigenvalue weighted by atomic mass is 35.5. The summed E-state index contributed by atoms with van der Waals surface area (Å²) < 4.78 is 38.0. The van der Waals surface area contributed by atoms with Crippen molar-refractivity contribution in [2.45, 2.75) is 25.9 Å². The molecule has 2 N–H and O–H groups in total. The molecule has 0 radical (unpaired) electrons. The molecule has 11 heteroatoms. The fraction of sp³-hybridized carbons (Fsp3) is 0.235. The van der Waals surface area contributed by atoms with Crippen molar-refractivity contribution < 1.29 is 18.0 Å². The van der Waals surface area contributed by atoms with Gasteiger partial charge in [0.1, 0.15) is 5.69 Å². The molecule has 0 fully saturated rings. The molecule has 150 valence electrons. The number of anilines is 1. The van der Waals surface area contributed by atoms with Gasteiger partial charge in [0.05, 0.1) is 21.3 Å². The Labute approximate surface area is 179 Å². The zero-order valence-corrected chi connectivity index (χ0v) is 17.5. The van der Waals surface area contributed by atoms with E-state index in [0.29, 0.717) is 28.0 Å². The van der Waals surface area contributed by atoms with Crippen LogP contribution in [-0.2, 0) is 6.18 Å². The summed E-state index contributed by atoms with van der Waals surface area (Å²) >= 11 is 23.1. The maximum Gasteiger partial charge on any atom is 0.417 e. The topological polar surface area (TPSA) is 54.0 Å². The molecule has 0 aliphatic carbocycles. The first kappa shape index (κ1) is 22.7. The van der Waals surface area contributed by atoms with Crippen LogP contribution in [0.2, 0.25) is 15.1 Å². The molecule has 28 heavy (non-hydrogen) atoms. The van der Waals surface area contributed by atoms with Gasteiger partial charge in [0, 0.05) is 11.2 Å². The van der Waals surface area contributed by atoms with Crippen molar-refractivity contribution in [3.63, 3.8) is 0 Å². The van der Waals surface area contributed by atoms with Crippen molar-refractivity contribution in [1.29, 1.82) is 0 Å². The fourth-order valence-corrected chi connectivity index (χ4v) is 3.25. The highest BCUT2D eigenvalue weighted by Crippen LogP contribution is 2.35. The van der Waals surface area contributed by atoms with Crippen LogP contribution in [-0.4, -0.2) is 16.0 Å². The van der Waals surface area contributed by atoms with E-state index in [1.807, 2.05) is 13.8 Å². The lowest BCUT2D eigenvalue weighted by Crippen LogP contribution is -2.35. The Hall–Kier alpha value is -1.61. The number of nitrogens with zero attached hydrogens (tertiary/aromatic N) is 1. The Balaban J connectivity index is 2.20. The van der Waals surface area contributed by atoms with Crippen molar-refractivity contribution in [2.24, 2.45) is 0 Å². The van der Waals surface area contributed by atoms with Crippen LogP contribution in [0.5, 0.6) is 0 Å². The number of nitrogens with one attached hydrogen (secondary N) is 2. The standard InChI is InChI=1S/C17H13Cl3F3N3OS/c1-7(2)10-4-9(18)5-12(20)13(10)25-16(28)26-15(27)14-11(19)3-8(6-24-14)17(21,22)23/h3-7H,1-2H3,(H2,25,26,27,28). The number of aromatic nitrogens is 1. The van der Waals surface area contributed by atoms with Crippen molar-refractivity contribution in [2.75, 3.05) is 5.32 Å². The average Bonchev–Trinajstić information content (AvgIpc) is 2.55. The number of hydrogen-bond acceptors (Lipinski definition) is 3. The highest BCUT2D eigenvalue weighted by Gasteiger charge is 2.32. The number of amides is 1. The third-order valence-electron chi connectivity index (χ3n) is 3.56. The number of carbonyl (C=O) groups excluding carboxylic acids is 1. The molecule has 0 atom stereocenters. The number of benzene rings is 1. The second-order valence-electron chi connectivity index (χ2n) is 5.97. The minimum absolute atomic E-state index is 0.0447. The molecule has 0 unspecified atom stereocenters. The lowest BCUT2D eigenvalue weighted by atomic mass is 10.0. The van der Waals surface area contributed by atoms with Crippen LogP contribution in [0.1, 0.15) is 41.4 Å². The molecule has 2 aromatic rings. The van der Waals surface area contributed by atoms with Crippen LogP contribution < -0.4 is 10.6 Å². The summed E-state index contributed by atoms with van der Waals surface area (Å²) in [5, 5.41) is 5.26. The molecule has 0 aliphatic rings. The Morgan fingerprint density at radius 3 is 2.32 bits per heavy atom. The van der Waals surface area contributed by atoms with E-state index < -0.39 is 28.4 Å². The van der Waals surface area contributed by atoms with E-state index >= 15 is 0 Å². The molecule has 0 aliphatic heterocycles. The Bertz CT molecular complexity index is 936. The normalized spacial score (nSPS) is 11.5. The van der Waals surface area contributed by atoms with Crippen molar-refractivity contribution >= 4 is 63.7 Å². The van der Waals surface area contributed by atoms with Gasteiger partial charge in [0.2, 0.25) is 0 Å². The molecule has 1 aromatic heterocycles. The number of carbonyl (C=O) groups is 1. The first-order chi connectivity index (χ1) is 12.9. The van der Waals surface area contributed by atoms with Crippen LogP contribution in [0.15, 0.2) is 24.4 Å². The quantitative estimate of drug-likeness (QED) is 0.516. The Morgan fingerprint density at radius 2 is 1.79 bits per heavy atom. The number of rotatable bonds is 3. The third-order valence-corrected chi connectivity index (χ3v) is 4.57. The number of halogens is 6. The van der Waals surface area contributed by atoms with E-state index in [2.05, 4.69) is 15.6 Å². The van der Waals surface area contributed by atoms with Crippen molar-refractivity contribution in [1.82, 2.24) is 10.3 Å². The zero-order chi connectivity index (χ0) is 21.2. The van der Waals surface area contributed by atoms with E-state index in [9.17, 15) is 18.0 Å². The number of hydrogen-bond donors (Lipinski definition) is 2. The van der Waals surface area contributed by atoms with Gasteiger partial charge >= 0.3 is 6.18 Å². The van der Waals surface area contributed by atoms with E-state index in [4.69, 9.17) is 47.0 Å². The molecular weight excluding hydrogens is 458 g/mol. The maximum atomic E-state index is 12.7. The number of thiocarbonyl (C=S) groups is 1. The maximum absolute atomic E-state index is 12.7. The Kier molecular flexibility index (Phi) is 7.14. The zero-order valence-electron chi connectivity index (χ0n) is 14.4. The first-order valence-corrected chi connectivity index (χ1v) is 9.28. The SMILES string of the molecule is CC(C)c1cc(Cl)cc(Cl)c1NC(=S)NC(=O)c1ncc(C(F)(F)F)cc1Cl. The molecule has 0 saturated heterocycles. The van der Waals surface area contributed by atoms with Crippen LogP contribution >= 0.6 is 47.0 Å². The van der Waals surface area contributed by atoms with Gasteiger partial charge < -0.3 is 5.32 Å². The van der Waals surface area contributed by atoms with Gasteiger partial charge in [-0.05, 0) is 41.9 Å². The van der Waals surface area contributed by atoms with E-state index in [1.54, 1.807) is 6.07 Å². The Morgan fingerprint density at radius 1 is 1.14 bits per heavy atom. The van der Waals surface area contributed by atoms with Crippen LogP contribution in [0, 0.1) is 0 Å². The summed E-state index contributed by atoms with van der Waals surface area (Å²) in [5.74, 6) is -0.823. The predicted octanol–water partition coefficient (Wildman–Crippen LogP) is 6.31. The highest BCUT2D eigenvalue weighted by molar-refractivity contribution is 7.80. The number of pyridine rings is 1. The molecule has 1 heterocycles. The largest absolute Gasteiger partial charge is 0.417 e. The van der Waals surface area contributed by atoms with E-state index in [0.717, 1.165) is 5.56 Å². The molecule has 0 spiro atoms. The fourth-order valence-electron chi connectivity index (χ4n) is 2.25. The summed E-state index contributed by atoms with van der Waals surface area (Å²) in [7, 11) is 0. The predicted molar refractivity (Wildman–Crippen MR) is 108 cm³/mol. The smallest absolute Gasteiger partial charge is 0.331 e. The molecule has 4 nitrogen and oxygen atoms in total. The molecular formula is C17H13Cl3F3N3OS. The lowest BCUT2D eigenvalue weighted by molar-refractivity contribution is -0.137. The summed E-state index contributed by atoms with van der Waals surface area (Å²) in [6.07, 6.45) is -4.11. The average molecular weight is 471 g/mol. The summed E-state index contributed by atoms with van der Waals surface area (Å²) in [6.45, 7) is 3.83.